The summed E-state index contributed by atoms with van der Waals surface area (Å²) < 4.78 is 2.37. The molecule has 5 nitrogen and oxygen atoms in total. The molecule has 1 aliphatic heterocycles. The number of thiocarbonyl (C=S) groups is 1. The highest BCUT2D eigenvalue weighted by atomic mass is 32.1. The summed E-state index contributed by atoms with van der Waals surface area (Å²) in [6.07, 6.45) is 6.65. The zero-order valence-corrected chi connectivity index (χ0v) is 18.0. The normalized spacial score (nSPS) is 18.9. The highest BCUT2D eigenvalue weighted by Gasteiger charge is 2.40. The lowest BCUT2D eigenvalue weighted by atomic mass is 9.96. The molecule has 0 aliphatic carbocycles. The van der Waals surface area contributed by atoms with Crippen LogP contribution < -0.4 is 5.32 Å². The molecule has 4 heterocycles. The largest absolute Gasteiger partial charge is 0.352 e. The van der Waals surface area contributed by atoms with E-state index >= 15 is 0 Å². The number of pyridine rings is 2. The maximum atomic E-state index is 5.72. The average Bonchev–Trinajstić information content (AvgIpc) is 3.21. The molecular formula is C23H27N5S. The van der Waals surface area contributed by atoms with Gasteiger partial charge in [0, 0.05) is 43.1 Å². The molecule has 2 atom stereocenters. The van der Waals surface area contributed by atoms with E-state index in [2.05, 4.69) is 63.7 Å². The molecule has 0 radical (unpaired) electrons. The molecule has 0 saturated carbocycles. The first-order valence-electron chi connectivity index (χ1n) is 10.1. The van der Waals surface area contributed by atoms with Crippen LogP contribution in [0.5, 0.6) is 0 Å². The van der Waals surface area contributed by atoms with Gasteiger partial charge in [-0.2, -0.15) is 0 Å². The van der Waals surface area contributed by atoms with Gasteiger partial charge >= 0.3 is 0 Å². The van der Waals surface area contributed by atoms with E-state index in [1.807, 2.05) is 36.8 Å². The summed E-state index contributed by atoms with van der Waals surface area (Å²) in [5.41, 5.74) is 6.05. The summed E-state index contributed by atoms with van der Waals surface area (Å²) in [4.78, 5) is 11.2. The van der Waals surface area contributed by atoms with Gasteiger partial charge in [0.25, 0.3) is 0 Å². The summed E-state index contributed by atoms with van der Waals surface area (Å²) in [7, 11) is 0. The van der Waals surface area contributed by atoms with E-state index in [-0.39, 0.29) is 12.1 Å². The zero-order chi connectivity index (χ0) is 20.4. The van der Waals surface area contributed by atoms with Crippen LogP contribution in [0.2, 0.25) is 0 Å². The van der Waals surface area contributed by atoms with Crippen molar-refractivity contribution in [2.45, 2.75) is 45.8 Å². The van der Waals surface area contributed by atoms with Crippen molar-refractivity contribution in [3.63, 3.8) is 0 Å². The van der Waals surface area contributed by atoms with Crippen molar-refractivity contribution in [1.82, 2.24) is 24.8 Å². The first-order valence-corrected chi connectivity index (χ1v) is 10.5. The average molecular weight is 406 g/mol. The Kier molecular flexibility index (Phi) is 5.62. The molecule has 0 aromatic carbocycles. The van der Waals surface area contributed by atoms with Crippen molar-refractivity contribution in [2.75, 3.05) is 6.54 Å². The molecule has 1 aliphatic rings. The zero-order valence-electron chi connectivity index (χ0n) is 17.2. The van der Waals surface area contributed by atoms with Crippen LogP contribution in [0.3, 0.4) is 0 Å². The van der Waals surface area contributed by atoms with Crippen LogP contribution in [0.25, 0.3) is 0 Å². The number of nitrogens with one attached hydrogen (secondary N) is 1. The summed E-state index contributed by atoms with van der Waals surface area (Å²) in [5, 5.41) is 4.34. The van der Waals surface area contributed by atoms with E-state index in [1.165, 1.54) is 22.5 Å². The first kappa shape index (κ1) is 19.6. The van der Waals surface area contributed by atoms with Gasteiger partial charge < -0.3 is 14.8 Å². The van der Waals surface area contributed by atoms with E-state index in [1.54, 1.807) is 0 Å². The van der Waals surface area contributed by atoms with Gasteiger partial charge in [-0.15, -0.1) is 0 Å². The van der Waals surface area contributed by atoms with E-state index in [0.29, 0.717) is 0 Å². The van der Waals surface area contributed by atoms with Crippen molar-refractivity contribution in [2.24, 2.45) is 0 Å². The van der Waals surface area contributed by atoms with Crippen LogP contribution in [-0.4, -0.2) is 31.1 Å². The molecule has 3 aromatic heterocycles. The second-order valence-electron chi connectivity index (χ2n) is 7.59. The Hall–Kier alpha value is -2.73. The smallest absolute Gasteiger partial charge is 0.170 e. The maximum absolute atomic E-state index is 5.72. The number of hydrogen-bond donors (Lipinski definition) is 1. The third kappa shape index (κ3) is 3.77. The van der Waals surface area contributed by atoms with Crippen LogP contribution in [0.4, 0.5) is 0 Å². The lowest BCUT2D eigenvalue weighted by Crippen LogP contribution is -2.30. The minimum atomic E-state index is 0.0441. The van der Waals surface area contributed by atoms with Crippen LogP contribution >= 0.6 is 12.2 Å². The Morgan fingerprint density at radius 2 is 2.00 bits per heavy atom. The van der Waals surface area contributed by atoms with Crippen molar-refractivity contribution < 1.29 is 0 Å². The topological polar surface area (TPSA) is 46.0 Å². The second-order valence-corrected chi connectivity index (χ2v) is 7.98. The highest BCUT2D eigenvalue weighted by molar-refractivity contribution is 7.80. The predicted octanol–water partition coefficient (Wildman–Crippen LogP) is 4.33. The molecular weight excluding hydrogens is 378 g/mol. The number of rotatable bonds is 6. The molecule has 4 rings (SSSR count). The Morgan fingerprint density at radius 1 is 1.14 bits per heavy atom. The fourth-order valence-electron chi connectivity index (χ4n) is 4.27. The van der Waals surface area contributed by atoms with Gasteiger partial charge in [0.05, 0.1) is 17.8 Å². The van der Waals surface area contributed by atoms with Crippen LogP contribution in [0.15, 0.2) is 55.0 Å². The molecule has 6 heteroatoms. The summed E-state index contributed by atoms with van der Waals surface area (Å²) >= 11 is 5.72. The summed E-state index contributed by atoms with van der Waals surface area (Å²) in [6.45, 7) is 8.32. The Morgan fingerprint density at radius 3 is 2.69 bits per heavy atom. The van der Waals surface area contributed by atoms with E-state index in [9.17, 15) is 0 Å². The van der Waals surface area contributed by atoms with Crippen LogP contribution in [-0.2, 0) is 6.54 Å². The summed E-state index contributed by atoms with van der Waals surface area (Å²) in [6, 6.07) is 12.7. The van der Waals surface area contributed by atoms with E-state index in [4.69, 9.17) is 12.2 Å². The van der Waals surface area contributed by atoms with Gasteiger partial charge in [0.2, 0.25) is 0 Å². The lowest BCUT2D eigenvalue weighted by molar-refractivity contribution is 0.316. The molecule has 0 spiro atoms. The molecule has 29 heavy (non-hydrogen) atoms. The third-order valence-corrected chi connectivity index (χ3v) is 6.01. The predicted molar refractivity (Wildman–Crippen MR) is 120 cm³/mol. The Labute approximate surface area is 177 Å². The van der Waals surface area contributed by atoms with Crippen molar-refractivity contribution >= 4 is 17.3 Å². The molecule has 3 aromatic rings. The number of aryl methyl sites for hydroxylation is 1. The van der Waals surface area contributed by atoms with Gasteiger partial charge in [-0.25, -0.2) is 0 Å². The van der Waals surface area contributed by atoms with E-state index < -0.39 is 0 Å². The summed E-state index contributed by atoms with van der Waals surface area (Å²) in [5.74, 6) is 0. The number of nitrogens with zero attached hydrogens (tertiary/aromatic N) is 4. The number of aromatic nitrogens is 3. The fraction of sp³-hybridized carbons (Fsp3) is 0.348. The van der Waals surface area contributed by atoms with E-state index in [0.717, 1.165) is 30.3 Å². The Bertz CT molecular complexity index is 983. The molecule has 2 unspecified atom stereocenters. The molecule has 0 amide bonds. The quantitative estimate of drug-likeness (QED) is 0.619. The van der Waals surface area contributed by atoms with Crippen molar-refractivity contribution in [3.05, 3.63) is 83.2 Å². The first-order chi connectivity index (χ1) is 14.1. The SMILES string of the molecule is CCCN1C(=S)NC(c2ccccn2)C1c1cc(C)n(Cc2cccnc2)c1C. The van der Waals surface area contributed by atoms with Gasteiger partial charge in [-0.1, -0.05) is 19.1 Å². The standard InChI is InChI=1S/C23H27N5S/c1-4-12-27-22(21(26-23(27)29)20-9-5-6-11-25-20)19-13-16(2)28(17(19)3)15-18-8-7-10-24-14-18/h5-11,13-14,21-22H,4,12,15H2,1-3H3,(H,26,29). The van der Waals surface area contributed by atoms with Crippen LogP contribution in [0.1, 0.15) is 53.6 Å². The molecule has 1 saturated heterocycles. The molecule has 1 N–H and O–H groups in total. The fourth-order valence-corrected chi connectivity index (χ4v) is 4.60. The van der Waals surface area contributed by atoms with Gasteiger partial charge in [-0.3, -0.25) is 9.97 Å². The minimum absolute atomic E-state index is 0.0441. The molecule has 150 valence electrons. The van der Waals surface area contributed by atoms with Gasteiger partial charge in [0.1, 0.15) is 0 Å². The van der Waals surface area contributed by atoms with Crippen molar-refractivity contribution in [3.8, 4) is 0 Å². The van der Waals surface area contributed by atoms with Crippen LogP contribution in [0, 0.1) is 13.8 Å². The lowest BCUT2D eigenvalue weighted by Gasteiger charge is -2.27. The highest BCUT2D eigenvalue weighted by Crippen LogP contribution is 2.40. The van der Waals surface area contributed by atoms with Crippen molar-refractivity contribution in [1.29, 1.82) is 0 Å². The monoisotopic (exact) mass is 405 g/mol. The van der Waals surface area contributed by atoms with Gasteiger partial charge in [-0.05, 0) is 67.9 Å². The second kappa shape index (κ2) is 8.33. The number of hydrogen-bond acceptors (Lipinski definition) is 3. The Balaban J connectivity index is 1.75. The third-order valence-electron chi connectivity index (χ3n) is 5.66. The van der Waals surface area contributed by atoms with Gasteiger partial charge in [0.15, 0.2) is 5.11 Å². The molecule has 0 bridgehead atoms. The maximum Gasteiger partial charge on any atom is 0.170 e. The minimum Gasteiger partial charge on any atom is -0.352 e. The molecule has 1 fully saturated rings.